The highest BCUT2D eigenvalue weighted by molar-refractivity contribution is 5.96. The van der Waals surface area contributed by atoms with Gasteiger partial charge in [-0.05, 0) is 49.2 Å². The van der Waals surface area contributed by atoms with Crippen LogP contribution in [0.2, 0.25) is 0 Å². The SMILES string of the molecule is CC(=O)c1ccccc1OCC(O)c1ccc(F)cc1C. The highest BCUT2D eigenvalue weighted by Gasteiger charge is 2.14. The number of ketones is 1. The van der Waals surface area contributed by atoms with Crippen molar-refractivity contribution in [3.8, 4) is 5.75 Å². The van der Waals surface area contributed by atoms with Gasteiger partial charge in [-0.2, -0.15) is 0 Å². The molecule has 2 aromatic carbocycles. The van der Waals surface area contributed by atoms with Crippen LogP contribution in [0.4, 0.5) is 4.39 Å². The Morgan fingerprint density at radius 3 is 2.67 bits per heavy atom. The lowest BCUT2D eigenvalue weighted by atomic mass is 10.0. The van der Waals surface area contributed by atoms with E-state index in [0.29, 0.717) is 22.4 Å². The fourth-order valence-corrected chi connectivity index (χ4v) is 2.15. The summed E-state index contributed by atoms with van der Waals surface area (Å²) < 4.78 is 18.6. The van der Waals surface area contributed by atoms with Crippen LogP contribution in [0.1, 0.15) is 34.5 Å². The second kappa shape index (κ2) is 6.50. The molecule has 0 radical (unpaired) electrons. The van der Waals surface area contributed by atoms with E-state index in [1.165, 1.54) is 25.1 Å². The number of Topliss-reactive ketones (excluding diaryl/α,β-unsaturated/α-hetero) is 1. The van der Waals surface area contributed by atoms with Crippen LogP contribution in [0, 0.1) is 12.7 Å². The van der Waals surface area contributed by atoms with Crippen molar-refractivity contribution in [1.29, 1.82) is 0 Å². The number of aliphatic hydroxyl groups excluding tert-OH is 1. The van der Waals surface area contributed by atoms with Gasteiger partial charge in [0.25, 0.3) is 0 Å². The van der Waals surface area contributed by atoms with E-state index in [2.05, 4.69) is 0 Å². The monoisotopic (exact) mass is 288 g/mol. The first kappa shape index (κ1) is 15.2. The van der Waals surface area contributed by atoms with Crippen LogP contribution in [-0.2, 0) is 0 Å². The van der Waals surface area contributed by atoms with E-state index < -0.39 is 6.10 Å². The lowest BCUT2D eigenvalue weighted by Crippen LogP contribution is -2.12. The van der Waals surface area contributed by atoms with Gasteiger partial charge in [-0.25, -0.2) is 4.39 Å². The van der Waals surface area contributed by atoms with Gasteiger partial charge in [0, 0.05) is 0 Å². The Kier molecular flexibility index (Phi) is 4.70. The number of hydrogen-bond acceptors (Lipinski definition) is 3. The number of rotatable bonds is 5. The van der Waals surface area contributed by atoms with Crippen molar-refractivity contribution in [3.63, 3.8) is 0 Å². The number of ether oxygens (including phenoxy) is 1. The Morgan fingerprint density at radius 2 is 2.00 bits per heavy atom. The molecule has 4 heteroatoms. The van der Waals surface area contributed by atoms with Gasteiger partial charge < -0.3 is 9.84 Å². The molecule has 0 aliphatic rings. The van der Waals surface area contributed by atoms with Crippen LogP contribution in [0.15, 0.2) is 42.5 Å². The molecule has 0 saturated heterocycles. The van der Waals surface area contributed by atoms with Crippen molar-refractivity contribution < 1.29 is 19.0 Å². The Bertz CT molecular complexity index is 652. The highest BCUT2D eigenvalue weighted by atomic mass is 19.1. The van der Waals surface area contributed by atoms with Crippen molar-refractivity contribution in [2.24, 2.45) is 0 Å². The quantitative estimate of drug-likeness (QED) is 0.857. The van der Waals surface area contributed by atoms with Crippen LogP contribution in [0.25, 0.3) is 0 Å². The number of carbonyl (C=O) groups excluding carboxylic acids is 1. The number of aryl methyl sites for hydroxylation is 1. The molecule has 0 aromatic heterocycles. The lowest BCUT2D eigenvalue weighted by Gasteiger charge is -2.16. The molecule has 0 aliphatic heterocycles. The average molecular weight is 288 g/mol. The van der Waals surface area contributed by atoms with Gasteiger partial charge in [0.2, 0.25) is 0 Å². The van der Waals surface area contributed by atoms with E-state index in [-0.39, 0.29) is 18.2 Å². The molecule has 0 bridgehead atoms. The topological polar surface area (TPSA) is 46.5 Å². The van der Waals surface area contributed by atoms with Crippen molar-refractivity contribution in [3.05, 3.63) is 65.0 Å². The van der Waals surface area contributed by atoms with E-state index in [0.717, 1.165) is 0 Å². The van der Waals surface area contributed by atoms with Crippen molar-refractivity contribution in [2.75, 3.05) is 6.61 Å². The van der Waals surface area contributed by atoms with Gasteiger partial charge in [-0.3, -0.25) is 4.79 Å². The molecular weight excluding hydrogens is 271 g/mol. The zero-order valence-electron chi connectivity index (χ0n) is 12.0. The van der Waals surface area contributed by atoms with Crippen molar-refractivity contribution >= 4 is 5.78 Å². The van der Waals surface area contributed by atoms with E-state index in [1.54, 1.807) is 31.2 Å². The summed E-state index contributed by atoms with van der Waals surface area (Å²) in [4.78, 5) is 11.5. The summed E-state index contributed by atoms with van der Waals surface area (Å²) in [5.74, 6) is -0.00633. The van der Waals surface area contributed by atoms with Gasteiger partial charge in [-0.15, -0.1) is 0 Å². The average Bonchev–Trinajstić information content (AvgIpc) is 2.45. The fourth-order valence-electron chi connectivity index (χ4n) is 2.15. The first-order valence-corrected chi connectivity index (χ1v) is 6.66. The summed E-state index contributed by atoms with van der Waals surface area (Å²) in [6.07, 6.45) is -0.884. The molecule has 1 atom stereocenters. The minimum Gasteiger partial charge on any atom is -0.490 e. The maximum atomic E-state index is 13.1. The van der Waals surface area contributed by atoms with Crippen molar-refractivity contribution in [1.82, 2.24) is 0 Å². The minimum absolute atomic E-state index is 0.00321. The maximum absolute atomic E-state index is 13.1. The maximum Gasteiger partial charge on any atom is 0.163 e. The Labute approximate surface area is 123 Å². The Hall–Kier alpha value is -2.20. The second-order valence-corrected chi connectivity index (χ2v) is 4.88. The predicted octanol–water partition coefficient (Wildman–Crippen LogP) is 3.45. The standard InChI is InChI=1S/C17H17FO3/c1-11-9-13(18)7-8-14(11)16(20)10-21-17-6-4-3-5-15(17)12(2)19/h3-9,16,20H,10H2,1-2H3. The number of aliphatic hydroxyl groups is 1. The van der Waals surface area contributed by atoms with E-state index in [1.807, 2.05) is 0 Å². The molecule has 0 spiro atoms. The molecule has 3 nitrogen and oxygen atoms in total. The summed E-state index contributed by atoms with van der Waals surface area (Å²) in [5, 5.41) is 10.2. The molecule has 1 unspecified atom stereocenters. The van der Waals surface area contributed by atoms with Gasteiger partial charge in [-0.1, -0.05) is 18.2 Å². The van der Waals surface area contributed by atoms with Crippen molar-refractivity contribution in [2.45, 2.75) is 20.0 Å². The molecule has 0 aliphatic carbocycles. The van der Waals surface area contributed by atoms with E-state index in [9.17, 15) is 14.3 Å². The molecule has 21 heavy (non-hydrogen) atoms. The molecule has 0 heterocycles. The lowest BCUT2D eigenvalue weighted by molar-refractivity contribution is 0.0975. The predicted molar refractivity (Wildman–Crippen MR) is 78.0 cm³/mol. The zero-order valence-corrected chi connectivity index (χ0v) is 12.0. The number of carbonyl (C=O) groups is 1. The van der Waals surface area contributed by atoms with E-state index >= 15 is 0 Å². The van der Waals surface area contributed by atoms with E-state index in [4.69, 9.17) is 4.74 Å². The molecule has 0 amide bonds. The summed E-state index contributed by atoms with van der Waals surface area (Å²) in [7, 11) is 0. The largest absolute Gasteiger partial charge is 0.490 e. The third-order valence-electron chi connectivity index (χ3n) is 3.25. The van der Waals surface area contributed by atoms with Crippen LogP contribution in [0.5, 0.6) is 5.75 Å². The van der Waals surface area contributed by atoms with Gasteiger partial charge in [0.1, 0.15) is 24.3 Å². The highest BCUT2D eigenvalue weighted by Crippen LogP contribution is 2.23. The summed E-state index contributed by atoms with van der Waals surface area (Å²) >= 11 is 0. The Balaban J connectivity index is 2.11. The van der Waals surface area contributed by atoms with Crippen LogP contribution in [0.3, 0.4) is 0 Å². The number of para-hydroxylation sites is 1. The molecular formula is C17H17FO3. The zero-order chi connectivity index (χ0) is 15.4. The summed E-state index contributed by atoms with van der Waals surface area (Å²) in [6, 6.07) is 11.1. The number of hydrogen-bond donors (Lipinski definition) is 1. The van der Waals surface area contributed by atoms with Gasteiger partial charge >= 0.3 is 0 Å². The Morgan fingerprint density at radius 1 is 1.29 bits per heavy atom. The molecule has 110 valence electrons. The molecule has 0 saturated carbocycles. The van der Waals surface area contributed by atoms with Gasteiger partial charge in [0.05, 0.1) is 5.56 Å². The third-order valence-corrected chi connectivity index (χ3v) is 3.25. The van der Waals surface area contributed by atoms with Crippen LogP contribution < -0.4 is 4.74 Å². The fraction of sp³-hybridized carbons (Fsp3) is 0.235. The molecule has 2 aromatic rings. The number of halogens is 1. The first-order chi connectivity index (χ1) is 9.99. The molecule has 0 fully saturated rings. The normalized spacial score (nSPS) is 12.0. The third kappa shape index (κ3) is 3.67. The summed E-state index contributed by atoms with van der Waals surface area (Å²) in [6.45, 7) is 3.19. The summed E-state index contributed by atoms with van der Waals surface area (Å²) in [5.41, 5.74) is 1.74. The molecule has 1 N–H and O–H groups in total. The second-order valence-electron chi connectivity index (χ2n) is 4.88. The van der Waals surface area contributed by atoms with Crippen LogP contribution in [-0.4, -0.2) is 17.5 Å². The van der Waals surface area contributed by atoms with Gasteiger partial charge in [0.15, 0.2) is 5.78 Å². The number of benzene rings is 2. The molecule has 2 rings (SSSR count). The first-order valence-electron chi connectivity index (χ1n) is 6.66. The smallest absolute Gasteiger partial charge is 0.163 e. The van der Waals surface area contributed by atoms with Crippen LogP contribution >= 0.6 is 0 Å². The minimum atomic E-state index is -0.884.